The van der Waals surface area contributed by atoms with Gasteiger partial charge in [-0.3, -0.25) is 24.2 Å². The van der Waals surface area contributed by atoms with Crippen molar-refractivity contribution in [1.29, 1.82) is 0 Å². The fourth-order valence-corrected chi connectivity index (χ4v) is 6.10. The molecule has 0 radical (unpaired) electrons. The summed E-state index contributed by atoms with van der Waals surface area (Å²) in [5, 5.41) is 2.78. The van der Waals surface area contributed by atoms with Crippen molar-refractivity contribution in [2.75, 3.05) is 52.5 Å². The van der Waals surface area contributed by atoms with Gasteiger partial charge in [0.05, 0.1) is 37.3 Å². The molecule has 0 bridgehead atoms. The quantitative estimate of drug-likeness (QED) is 0.400. The smallest absolute Gasteiger partial charge is 0.416 e. The molecule has 4 amide bonds. The van der Waals surface area contributed by atoms with Gasteiger partial charge in [-0.1, -0.05) is 30.3 Å². The van der Waals surface area contributed by atoms with Crippen molar-refractivity contribution in [2.45, 2.75) is 50.6 Å². The normalized spacial score (nSPS) is 20.7. The second kappa shape index (κ2) is 15.0. The SMILES string of the molecule is O=C(C[C@H]1C(=O)N(Cc2ccccc2)CC2N(C(=O)OCc3cc(C(F)(F)F)cc(C(F)(F)F)c3)CCC(=O)N21)NCCN1CCOCC1. The number of carbonyl (C=O) groups is 4. The average molecular weight is 700 g/mol. The van der Waals surface area contributed by atoms with Crippen LogP contribution in [0.3, 0.4) is 0 Å². The molecule has 5 rings (SSSR count). The maximum Gasteiger partial charge on any atom is 0.416 e. The maximum atomic E-state index is 13.8. The van der Waals surface area contributed by atoms with E-state index in [4.69, 9.17) is 9.47 Å². The summed E-state index contributed by atoms with van der Waals surface area (Å²) in [5.74, 6) is -1.51. The van der Waals surface area contributed by atoms with Gasteiger partial charge in [-0.25, -0.2) is 4.79 Å². The molecule has 0 saturated carbocycles. The number of hydrogen-bond donors (Lipinski definition) is 1. The number of nitrogens with one attached hydrogen (secondary N) is 1. The third kappa shape index (κ3) is 9.00. The summed E-state index contributed by atoms with van der Waals surface area (Å²) >= 11 is 0. The number of carbonyl (C=O) groups excluding carboxylic acids is 4. The van der Waals surface area contributed by atoms with Gasteiger partial charge in [-0.2, -0.15) is 26.3 Å². The van der Waals surface area contributed by atoms with Gasteiger partial charge in [0.15, 0.2) is 0 Å². The molecule has 3 aliphatic rings. The highest BCUT2D eigenvalue weighted by atomic mass is 19.4. The number of fused-ring (bicyclic) bond motifs is 1. The van der Waals surface area contributed by atoms with Crippen LogP contribution in [-0.2, 0) is 49.4 Å². The molecule has 3 saturated heterocycles. The Morgan fingerprint density at radius 2 is 1.55 bits per heavy atom. The Kier molecular flexibility index (Phi) is 11.0. The molecular formula is C32H35F6N5O6. The minimum absolute atomic E-state index is 0.0290. The largest absolute Gasteiger partial charge is 0.444 e. The molecule has 266 valence electrons. The number of alkyl halides is 6. The van der Waals surface area contributed by atoms with Crippen LogP contribution >= 0.6 is 0 Å². The third-order valence-electron chi connectivity index (χ3n) is 8.54. The molecule has 2 aromatic carbocycles. The van der Waals surface area contributed by atoms with E-state index in [2.05, 4.69) is 10.2 Å². The van der Waals surface area contributed by atoms with E-state index in [-0.39, 0.29) is 38.7 Å². The predicted octanol–water partition coefficient (Wildman–Crippen LogP) is 3.47. The second-order valence-electron chi connectivity index (χ2n) is 11.9. The molecular weight excluding hydrogens is 664 g/mol. The number of rotatable bonds is 9. The van der Waals surface area contributed by atoms with E-state index < -0.39 is 78.1 Å². The zero-order valence-electron chi connectivity index (χ0n) is 26.3. The third-order valence-corrected chi connectivity index (χ3v) is 8.54. The van der Waals surface area contributed by atoms with Crippen molar-refractivity contribution in [1.82, 2.24) is 24.9 Å². The molecule has 0 aromatic heterocycles. The molecule has 2 aromatic rings. The highest BCUT2D eigenvalue weighted by Crippen LogP contribution is 2.37. The Morgan fingerprint density at radius 1 is 0.898 bits per heavy atom. The van der Waals surface area contributed by atoms with E-state index in [0.717, 1.165) is 15.4 Å². The lowest BCUT2D eigenvalue weighted by Gasteiger charge is -2.51. The first-order valence-corrected chi connectivity index (χ1v) is 15.6. The number of amides is 4. The Hall–Kier alpha value is -4.38. The molecule has 11 nitrogen and oxygen atoms in total. The summed E-state index contributed by atoms with van der Waals surface area (Å²) in [4.78, 5) is 59.3. The highest BCUT2D eigenvalue weighted by Gasteiger charge is 2.50. The molecule has 17 heteroatoms. The molecule has 0 spiro atoms. The lowest BCUT2D eigenvalue weighted by molar-refractivity contribution is -0.169. The molecule has 1 unspecified atom stereocenters. The van der Waals surface area contributed by atoms with Gasteiger partial charge in [-0.15, -0.1) is 0 Å². The van der Waals surface area contributed by atoms with Crippen LogP contribution in [0.1, 0.15) is 35.1 Å². The summed E-state index contributed by atoms with van der Waals surface area (Å²) in [7, 11) is 0. The minimum Gasteiger partial charge on any atom is -0.444 e. The maximum absolute atomic E-state index is 13.8. The van der Waals surface area contributed by atoms with E-state index >= 15 is 0 Å². The van der Waals surface area contributed by atoms with E-state index in [1.807, 2.05) is 0 Å². The van der Waals surface area contributed by atoms with Crippen LogP contribution in [0.25, 0.3) is 0 Å². The van der Waals surface area contributed by atoms with E-state index in [0.29, 0.717) is 45.0 Å². The van der Waals surface area contributed by atoms with Crippen LogP contribution < -0.4 is 5.32 Å². The van der Waals surface area contributed by atoms with Crippen molar-refractivity contribution in [3.8, 4) is 0 Å². The van der Waals surface area contributed by atoms with Gasteiger partial charge in [0.25, 0.3) is 0 Å². The number of halogens is 6. The van der Waals surface area contributed by atoms with Crippen molar-refractivity contribution < 1.29 is 55.0 Å². The van der Waals surface area contributed by atoms with Gasteiger partial charge < -0.3 is 24.6 Å². The predicted molar refractivity (Wildman–Crippen MR) is 159 cm³/mol. The van der Waals surface area contributed by atoms with Crippen molar-refractivity contribution >= 4 is 23.8 Å². The molecule has 3 aliphatic heterocycles. The second-order valence-corrected chi connectivity index (χ2v) is 11.9. The zero-order chi connectivity index (χ0) is 35.3. The van der Waals surface area contributed by atoms with Crippen LogP contribution in [0.15, 0.2) is 48.5 Å². The van der Waals surface area contributed by atoms with Gasteiger partial charge in [0.2, 0.25) is 17.7 Å². The van der Waals surface area contributed by atoms with Crippen molar-refractivity contribution in [3.05, 3.63) is 70.8 Å². The highest BCUT2D eigenvalue weighted by molar-refractivity contribution is 5.94. The standard InChI is InChI=1S/C32H35F6N5O6/c33-31(34,35)23-14-22(15-24(16-23)32(36,37)38)20-49-30(47)42-8-6-28(45)43-25(17-26(44)39-7-9-40-10-12-48-13-11-40)29(46)41(19-27(42)43)18-21-4-2-1-3-5-21/h1-5,14-16,25,27H,6-13,17-20H2,(H,39,44)/t25-,27?/m0/s1. The lowest BCUT2D eigenvalue weighted by atomic mass is 10.0. The van der Waals surface area contributed by atoms with Crippen LogP contribution in [0.2, 0.25) is 0 Å². The Morgan fingerprint density at radius 3 is 2.18 bits per heavy atom. The monoisotopic (exact) mass is 699 g/mol. The first-order chi connectivity index (χ1) is 23.2. The van der Waals surface area contributed by atoms with Gasteiger partial charge in [-0.05, 0) is 29.3 Å². The molecule has 2 atom stereocenters. The van der Waals surface area contributed by atoms with Crippen molar-refractivity contribution in [3.63, 3.8) is 0 Å². The Labute approximate surface area is 277 Å². The van der Waals surface area contributed by atoms with Crippen molar-refractivity contribution in [2.24, 2.45) is 0 Å². The summed E-state index contributed by atoms with van der Waals surface area (Å²) in [6.45, 7) is 2.19. The average Bonchev–Trinajstić information content (AvgIpc) is 3.05. The number of piperazine rings is 1. The van der Waals surface area contributed by atoms with Crippen LogP contribution in [-0.4, -0.2) is 108 Å². The lowest BCUT2D eigenvalue weighted by Crippen LogP contribution is -2.71. The van der Waals surface area contributed by atoms with E-state index in [1.165, 1.54) is 4.90 Å². The van der Waals surface area contributed by atoms with E-state index in [9.17, 15) is 45.5 Å². The summed E-state index contributed by atoms with van der Waals surface area (Å²) in [6.07, 6.45) is -13.1. The fraction of sp³-hybridized carbons (Fsp3) is 0.500. The summed E-state index contributed by atoms with van der Waals surface area (Å²) < 4.78 is 90.7. The van der Waals surface area contributed by atoms with Crippen LogP contribution in [0.5, 0.6) is 0 Å². The summed E-state index contributed by atoms with van der Waals surface area (Å²) in [5.41, 5.74) is -2.93. The Bertz CT molecular complexity index is 1490. The Balaban J connectivity index is 1.34. The molecule has 3 heterocycles. The minimum atomic E-state index is -5.09. The first-order valence-electron chi connectivity index (χ1n) is 15.6. The van der Waals surface area contributed by atoms with Gasteiger partial charge in [0, 0.05) is 45.7 Å². The molecule has 0 aliphatic carbocycles. The number of morpholine rings is 1. The molecule has 3 fully saturated rings. The zero-order valence-corrected chi connectivity index (χ0v) is 26.3. The van der Waals surface area contributed by atoms with Gasteiger partial charge in [0.1, 0.15) is 18.8 Å². The van der Waals surface area contributed by atoms with Crippen LogP contribution in [0, 0.1) is 0 Å². The number of ether oxygens (including phenoxy) is 2. The van der Waals surface area contributed by atoms with Crippen LogP contribution in [0.4, 0.5) is 31.1 Å². The number of nitrogens with zero attached hydrogens (tertiary/aromatic N) is 4. The number of benzene rings is 2. The first kappa shape index (κ1) is 35.9. The number of hydrogen-bond acceptors (Lipinski definition) is 7. The molecule has 1 N–H and O–H groups in total. The van der Waals surface area contributed by atoms with E-state index in [1.54, 1.807) is 30.3 Å². The summed E-state index contributed by atoms with van der Waals surface area (Å²) in [6, 6.07) is 8.47. The van der Waals surface area contributed by atoms with Gasteiger partial charge >= 0.3 is 18.4 Å². The fourth-order valence-electron chi connectivity index (χ4n) is 6.10. The topological polar surface area (TPSA) is 112 Å². The molecule has 49 heavy (non-hydrogen) atoms.